The molecule has 0 spiro atoms. The molecule has 1 aromatic rings. The predicted molar refractivity (Wildman–Crippen MR) is 73.3 cm³/mol. The quantitative estimate of drug-likeness (QED) is 0.922. The molecule has 0 amide bonds. The van der Waals surface area contributed by atoms with Gasteiger partial charge in [0.2, 0.25) is 10.0 Å². The molecule has 1 aliphatic carbocycles. The molecule has 1 saturated carbocycles. The van der Waals surface area contributed by atoms with Crippen LogP contribution in [0.25, 0.3) is 0 Å². The molecule has 4 nitrogen and oxygen atoms in total. The maximum atomic E-state index is 12.2. The Bertz CT molecular complexity index is 563. The van der Waals surface area contributed by atoms with Gasteiger partial charge in [0.05, 0.1) is 10.9 Å². The molecule has 19 heavy (non-hydrogen) atoms. The van der Waals surface area contributed by atoms with Gasteiger partial charge in [-0.3, -0.25) is 4.79 Å². The summed E-state index contributed by atoms with van der Waals surface area (Å²) in [6.07, 6.45) is 1.90. The Hall–Kier alpha value is -1.20. The Morgan fingerprint density at radius 3 is 2.47 bits per heavy atom. The Balaban J connectivity index is 2.16. The van der Waals surface area contributed by atoms with E-state index in [1.54, 1.807) is 24.3 Å². The lowest BCUT2D eigenvalue weighted by Gasteiger charge is -2.26. The van der Waals surface area contributed by atoms with Crippen LogP contribution in [0.1, 0.15) is 31.7 Å². The summed E-state index contributed by atoms with van der Waals surface area (Å²) in [4.78, 5) is 12.0. The monoisotopic (exact) mass is 281 g/mol. The first kappa shape index (κ1) is 14.2. The molecule has 1 aliphatic rings. The van der Waals surface area contributed by atoms with Gasteiger partial charge in [-0.2, -0.15) is 0 Å². The van der Waals surface area contributed by atoms with Gasteiger partial charge >= 0.3 is 0 Å². The summed E-state index contributed by atoms with van der Waals surface area (Å²) < 4.78 is 26.9. The molecular formula is C14H19NO3S. The summed E-state index contributed by atoms with van der Waals surface area (Å²) in [7, 11) is -3.60. The van der Waals surface area contributed by atoms with Gasteiger partial charge in [0.1, 0.15) is 0 Å². The molecule has 2 rings (SSSR count). The molecule has 104 valence electrons. The number of carbonyl (C=O) groups excluding carboxylic acids is 1. The van der Waals surface area contributed by atoms with Gasteiger partial charge < -0.3 is 0 Å². The Morgan fingerprint density at radius 2 is 1.84 bits per heavy atom. The minimum atomic E-state index is -3.60. The number of hydrogen-bond donors (Lipinski definition) is 1. The van der Waals surface area contributed by atoms with Crippen molar-refractivity contribution < 1.29 is 13.2 Å². The molecule has 2 unspecified atom stereocenters. The van der Waals surface area contributed by atoms with E-state index in [0.717, 1.165) is 12.0 Å². The van der Waals surface area contributed by atoms with Crippen molar-refractivity contribution in [1.29, 1.82) is 0 Å². The summed E-state index contributed by atoms with van der Waals surface area (Å²) in [5.41, 5.74) is 1.00. The lowest BCUT2D eigenvalue weighted by atomic mass is 9.87. The Kier molecular flexibility index (Phi) is 4.06. The van der Waals surface area contributed by atoms with Crippen molar-refractivity contribution in [2.45, 2.75) is 44.0 Å². The number of Topliss-reactive ketones (excluding diaryl/α,β-unsaturated/α-hetero) is 1. The first-order valence-corrected chi connectivity index (χ1v) is 7.98. The van der Waals surface area contributed by atoms with Crippen molar-refractivity contribution in [2.24, 2.45) is 5.92 Å². The van der Waals surface area contributed by atoms with E-state index in [1.807, 2.05) is 13.8 Å². The van der Waals surface area contributed by atoms with E-state index >= 15 is 0 Å². The number of carbonyl (C=O) groups is 1. The van der Waals surface area contributed by atoms with Gasteiger partial charge in [-0.05, 0) is 37.8 Å². The van der Waals surface area contributed by atoms with Gasteiger partial charge in [-0.25, -0.2) is 13.1 Å². The number of nitrogens with one attached hydrogen (secondary N) is 1. The van der Waals surface area contributed by atoms with Crippen LogP contribution in [0.4, 0.5) is 0 Å². The fourth-order valence-corrected chi connectivity index (χ4v) is 3.53. The maximum absolute atomic E-state index is 12.2. The van der Waals surface area contributed by atoms with Crippen molar-refractivity contribution in [2.75, 3.05) is 0 Å². The molecule has 0 radical (unpaired) electrons. The van der Waals surface area contributed by atoms with E-state index in [9.17, 15) is 13.2 Å². The Morgan fingerprint density at radius 1 is 1.21 bits per heavy atom. The highest BCUT2D eigenvalue weighted by molar-refractivity contribution is 7.89. The highest BCUT2D eigenvalue weighted by atomic mass is 32.2. The molecule has 5 heteroatoms. The van der Waals surface area contributed by atoms with E-state index in [1.165, 1.54) is 0 Å². The molecule has 1 fully saturated rings. The van der Waals surface area contributed by atoms with E-state index in [2.05, 4.69) is 4.72 Å². The summed E-state index contributed by atoms with van der Waals surface area (Å²) in [5.74, 6) is 0.372. The summed E-state index contributed by atoms with van der Waals surface area (Å²) in [5, 5.41) is 0. The number of hydrogen-bond acceptors (Lipinski definition) is 3. The summed E-state index contributed by atoms with van der Waals surface area (Å²) >= 11 is 0. The van der Waals surface area contributed by atoms with Crippen LogP contribution >= 0.6 is 0 Å². The highest BCUT2D eigenvalue weighted by Gasteiger charge is 2.30. The molecule has 0 aliphatic heterocycles. The normalized spacial score (nSPS) is 24.4. The van der Waals surface area contributed by atoms with E-state index in [0.29, 0.717) is 18.8 Å². The van der Waals surface area contributed by atoms with Gasteiger partial charge in [-0.15, -0.1) is 0 Å². The highest BCUT2D eigenvalue weighted by Crippen LogP contribution is 2.22. The second-order valence-corrected chi connectivity index (χ2v) is 7.05. The predicted octanol–water partition coefficient (Wildman–Crippen LogP) is 2.03. The van der Waals surface area contributed by atoms with E-state index in [4.69, 9.17) is 0 Å². The standard InChI is InChI=1S/C14H19NO3S/c1-10-3-6-12(7-4-10)19(17,18)15-13-9-11(2)5-8-14(13)16/h3-4,6-7,11,13,15H,5,8-9H2,1-2H3. The van der Waals surface area contributed by atoms with Crippen molar-refractivity contribution in [3.8, 4) is 0 Å². The number of benzene rings is 1. The van der Waals surface area contributed by atoms with Crippen LogP contribution in [0.3, 0.4) is 0 Å². The second-order valence-electron chi connectivity index (χ2n) is 5.33. The van der Waals surface area contributed by atoms with Crippen molar-refractivity contribution in [3.05, 3.63) is 29.8 Å². The largest absolute Gasteiger partial charge is 0.298 e. The van der Waals surface area contributed by atoms with Crippen molar-refractivity contribution in [3.63, 3.8) is 0 Å². The summed E-state index contributed by atoms with van der Waals surface area (Å²) in [6, 6.07) is 6.05. The topological polar surface area (TPSA) is 63.2 Å². The second kappa shape index (κ2) is 5.43. The first-order chi connectivity index (χ1) is 8.88. The zero-order chi connectivity index (χ0) is 14.0. The van der Waals surface area contributed by atoms with Crippen molar-refractivity contribution in [1.82, 2.24) is 4.72 Å². The van der Waals surface area contributed by atoms with Gasteiger partial charge in [0.15, 0.2) is 5.78 Å². The van der Waals surface area contributed by atoms with E-state index < -0.39 is 16.1 Å². The number of ketones is 1. The number of sulfonamides is 1. The molecule has 1 aromatic carbocycles. The summed E-state index contributed by atoms with van der Waals surface area (Å²) in [6.45, 7) is 3.94. The van der Waals surface area contributed by atoms with Gasteiger partial charge in [-0.1, -0.05) is 24.6 Å². The molecule has 0 saturated heterocycles. The minimum Gasteiger partial charge on any atom is -0.298 e. The lowest BCUT2D eigenvalue weighted by molar-refractivity contribution is -0.122. The third-order valence-electron chi connectivity index (χ3n) is 3.54. The van der Waals surface area contributed by atoms with Crippen LogP contribution in [0, 0.1) is 12.8 Å². The van der Waals surface area contributed by atoms with Crippen LogP contribution in [0.2, 0.25) is 0 Å². The zero-order valence-corrected chi connectivity index (χ0v) is 12.0. The Labute approximate surface area is 114 Å². The van der Waals surface area contributed by atoms with Gasteiger partial charge in [0.25, 0.3) is 0 Å². The SMILES string of the molecule is Cc1ccc(S(=O)(=O)NC2CC(C)CCC2=O)cc1. The van der Waals surface area contributed by atoms with Crippen molar-refractivity contribution >= 4 is 15.8 Å². The maximum Gasteiger partial charge on any atom is 0.241 e. The third-order valence-corrected chi connectivity index (χ3v) is 5.03. The average Bonchev–Trinajstić information content (AvgIpc) is 2.34. The minimum absolute atomic E-state index is 0.00575. The molecule has 0 heterocycles. The molecule has 1 N–H and O–H groups in total. The van der Waals surface area contributed by atoms with Crippen LogP contribution in [-0.2, 0) is 14.8 Å². The van der Waals surface area contributed by atoms with Crippen LogP contribution < -0.4 is 4.72 Å². The third kappa shape index (κ3) is 3.42. The van der Waals surface area contributed by atoms with Crippen LogP contribution in [-0.4, -0.2) is 20.2 Å². The lowest BCUT2D eigenvalue weighted by Crippen LogP contribution is -2.44. The average molecular weight is 281 g/mol. The van der Waals surface area contributed by atoms with Gasteiger partial charge in [0, 0.05) is 6.42 Å². The number of rotatable bonds is 3. The molecular weight excluding hydrogens is 262 g/mol. The fourth-order valence-electron chi connectivity index (χ4n) is 2.30. The number of aryl methyl sites for hydroxylation is 1. The zero-order valence-electron chi connectivity index (χ0n) is 11.2. The van der Waals surface area contributed by atoms with E-state index in [-0.39, 0.29) is 10.7 Å². The fraction of sp³-hybridized carbons (Fsp3) is 0.500. The molecule has 2 atom stereocenters. The van der Waals surface area contributed by atoms with Crippen LogP contribution in [0.5, 0.6) is 0 Å². The smallest absolute Gasteiger partial charge is 0.241 e. The first-order valence-electron chi connectivity index (χ1n) is 6.50. The molecule has 0 aromatic heterocycles. The van der Waals surface area contributed by atoms with Crippen LogP contribution in [0.15, 0.2) is 29.2 Å². The molecule has 0 bridgehead atoms.